The van der Waals surface area contributed by atoms with Crippen molar-refractivity contribution in [3.05, 3.63) is 29.8 Å². The van der Waals surface area contributed by atoms with Gasteiger partial charge in [0.15, 0.2) is 5.96 Å². The molecule has 1 aliphatic heterocycles. The van der Waals surface area contributed by atoms with E-state index in [1.807, 2.05) is 17.0 Å². The zero-order valence-corrected chi connectivity index (χ0v) is 20.1. The number of likely N-dealkylation sites (tertiary alicyclic amines) is 1. The Morgan fingerprint density at radius 2 is 1.90 bits per heavy atom. The molecule has 0 amide bonds. The summed E-state index contributed by atoms with van der Waals surface area (Å²) in [5, 5.41) is 6.78. The number of nitrogens with zero attached hydrogens (tertiary/aromatic N) is 2. The van der Waals surface area contributed by atoms with Gasteiger partial charge in [0.25, 0.3) is 6.43 Å². The van der Waals surface area contributed by atoms with E-state index in [-0.39, 0.29) is 36.6 Å². The van der Waals surface area contributed by atoms with E-state index < -0.39 is 6.43 Å². The first kappa shape index (κ1) is 25.1. The second kappa shape index (κ2) is 13.3. The molecule has 1 aromatic rings. The minimum Gasteiger partial charge on any atom is -0.490 e. The fraction of sp³-hybridized carbons (Fsp3) is 0.682. The van der Waals surface area contributed by atoms with Crippen molar-refractivity contribution in [3.8, 4) is 5.75 Å². The Balaban J connectivity index is 0.00000320. The number of aliphatic imine (C=N–C) groups is 1. The molecule has 1 heterocycles. The van der Waals surface area contributed by atoms with Gasteiger partial charge in [-0.3, -0.25) is 9.89 Å². The van der Waals surface area contributed by atoms with Crippen LogP contribution in [-0.4, -0.2) is 56.1 Å². The number of ether oxygens (including phenoxy) is 1. The van der Waals surface area contributed by atoms with Crippen LogP contribution in [0.15, 0.2) is 29.3 Å². The SMILES string of the molecule is CN=C(NCc1cccc(OC2CCCCC2)c1)NC1CCN(CC(F)F)CC1.I. The molecule has 170 valence electrons. The lowest BCUT2D eigenvalue weighted by Gasteiger charge is -2.32. The topological polar surface area (TPSA) is 48.9 Å². The van der Waals surface area contributed by atoms with E-state index in [2.05, 4.69) is 27.8 Å². The standard InChI is InChI=1S/C22H34F2N4O.HI/c1-25-22(27-18-10-12-28(13-11-18)16-21(23)24)26-15-17-6-5-9-20(14-17)29-19-7-3-2-4-8-19;/h5-6,9,14,18-19,21H,2-4,7-8,10-13,15-16H2,1H3,(H2,25,26,27);1H. The fourth-order valence-corrected chi connectivity index (χ4v) is 4.13. The average molecular weight is 536 g/mol. The molecule has 1 aliphatic carbocycles. The predicted molar refractivity (Wildman–Crippen MR) is 128 cm³/mol. The molecule has 0 radical (unpaired) electrons. The molecule has 1 aromatic carbocycles. The van der Waals surface area contributed by atoms with Gasteiger partial charge in [0.1, 0.15) is 5.75 Å². The van der Waals surface area contributed by atoms with Gasteiger partial charge in [-0.2, -0.15) is 0 Å². The first-order chi connectivity index (χ1) is 14.1. The molecular formula is C22H35F2IN4O. The third-order valence-corrected chi connectivity index (χ3v) is 5.76. The number of hydrogen-bond acceptors (Lipinski definition) is 3. The van der Waals surface area contributed by atoms with Crippen LogP contribution in [0.3, 0.4) is 0 Å². The smallest absolute Gasteiger partial charge is 0.251 e. The van der Waals surface area contributed by atoms with Gasteiger partial charge in [0.2, 0.25) is 0 Å². The number of guanidine groups is 1. The molecule has 30 heavy (non-hydrogen) atoms. The van der Waals surface area contributed by atoms with Crippen molar-refractivity contribution in [3.63, 3.8) is 0 Å². The number of hydrogen-bond donors (Lipinski definition) is 2. The summed E-state index contributed by atoms with van der Waals surface area (Å²) < 4.78 is 31.2. The molecule has 0 bridgehead atoms. The van der Waals surface area contributed by atoms with Crippen LogP contribution < -0.4 is 15.4 Å². The highest BCUT2D eigenvalue weighted by Gasteiger charge is 2.22. The summed E-state index contributed by atoms with van der Waals surface area (Å²) in [5.41, 5.74) is 1.15. The first-order valence-electron chi connectivity index (χ1n) is 10.9. The van der Waals surface area contributed by atoms with Gasteiger partial charge in [-0.1, -0.05) is 18.6 Å². The van der Waals surface area contributed by atoms with Crippen molar-refractivity contribution in [1.29, 1.82) is 0 Å². The number of rotatable bonds is 7. The van der Waals surface area contributed by atoms with Crippen molar-refractivity contribution in [2.24, 2.45) is 4.99 Å². The number of halogens is 3. The van der Waals surface area contributed by atoms with Crippen LogP contribution in [0.5, 0.6) is 5.75 Å². The Labute approximate surface area is 196 Å². The minimum absolute atomic E-state index is 0. The zero-order chi connectivity index (χ0) is 20.5. The van der Waals surface area contributed by atoms with Gasteiger partial charge in [-0.05, 0) is 56.2 Å². The maximum Gasteiger partial charge on any atom is 0.251 e. The summed E-state index contributed by atoms with van der Waals surface area (Å²) in [6, 6.07) is 8.49. The fourth-order valence-electron chi connectivity index (χ4n) is 4.13. The highest BCUT2D eigenvalue weighted by molar-refractivity contribution is 14.0. The van der Waals surface area contributed by atoms with Crippen LogP contribution in [0.2, 0.25) is 0 Å². The molecule has 0 unspecified atom stereocenters. The van der Waals surface area contributed by atoms with Crippen LogP contribution >= 0.6 is 24.0 Å². The molecule has 0 aromatic heterocycles. The average Bonchev–Trinajstić information content (AvgIpc) is 2.73. The molecule has 2 N–H and O–H groups in total. The van der Waals surface area contributed by atoms with Gasteiger partial charge in [-0.15, -0.1) is 24.0 Å². The minimum atomic E-state index is -2.26. The third kappa shape index (κ3) is 8.53. The third-order valence-electron chi connectivity index (χ3n) is 5.76. The second-order valence-electron chi connectivity index (χ2n) is 8.06. The summed E-state index contributed by atoms with van der Waals surface area (Å²) in [6.45, 7) is 1.92. The molecule has 8 heteroatoms. The Morgan fingerprint density at radius 3 is 2.57 bits per heavy atom. The predicted octanol–water partition coefficient (Wildman–Crippen LogP) is 4.41. The van der Waals surface area contributed by atoms with Crippen LogP contribution in [-0.2, 0) is 6.54 Å². The Hall–Kier alpha value is -1.16. The molecule has 1 saturated heterocycles. The molecule has 5 nitrogen and oxygen atoms in total. The van der Waals surface area contributed by atoms with E-state index in [0.717, 1.165) is 43.0 Å². The molecule has 0 atom stereocenters. The van der Waals surface area contributed by atoms with Crippen LogP contribution in [0, 0.1) is 0 Å². The maximum atomic E-state index is 12.5. The molecule has 1 saturated carbocycles. The maximum absolute atomic E-state index is 12.5. The van der Waals surface area contributed by atoms with Crippen molar-refractivity contribution in [2.45, 2.75) is 70.1 Å². The van der Waals surface area contributed by atoms with E-state index in [9.17, 15) is 8.78 Å². The van der Waals surface area contributed by atoms with Crippen molar-refractivity contribution >= 4 is 29.9 Å². The Bertz CT molecular complexity index is 648. The van der Waals surface area contributed by atoms with E-state index >= 15 is 0 Å². The lowest BCUT2D eigenvalue weighted by molar-refractivity contribution is 0.0744. The molecule has 2 aliphatic rings. The largest absolute Gasteiger partial charge is 0.490 e. The van der Waals surface area contributed by atoms with Crippen molar-refractivity contribution < 1.29 is 13.5 Å². The summed E-state index contributed by atoms with van der Waals surface area (Å²) >= 11 is 0. The van der Waals surface area contributed by atoms with Gasteiger partial charge in [-0.25, -0.2) is 8.78 Å². The lowest BCUT2D eigenvalue weighted by Crippen LogP contribution is -2.49. The lowest BCUT2D eigenvalue weighted by atomic mass is 9.98. The first-order valence-corrected chi connectivity index (χ1v) is 10.9. The van der Waals surface area contributed by atoms with E-state index in [4.69, 9.17) is 4.74 Å². The molecule has 2 fully saturated rings. The van der Waals surface area contributed by atoms with E-state index in [1.165, 1.54) is 19.3 Å². The normalized spacial score (nSPS) is 19.4. The Morgan fingerprint density at radius 1 is 1.17 bits per heavy atom. The van der Waals surface area contributed by atoms with Crippen molar-refractivity contribution in [1.82, 2.24) is 15.5 Å². The molecular weight excluding hydrogens is 501 g/mol. The van der Waals surface area contributed by atoms with Gasteiger partial charge < -0.3 is 15.4 Å². The van der Waals surface area contributed by atoms with Crippen molar-refractivity contribution in [2.75, 3.05) is 26.7 Å². The number of alkyl halides is 2. The Kier molecular flexibility index (Phi) is 11.1. The van der Waals surface area contributed by atoms with Crippen LogP contribution in [0.1, 0.15) is 50.5 Å². The van der Waals surface area contributed by atoms with E-state index in [0.29, 0.717) is 25.7 Å². The van der Waals surface area contributed by atoms with Crippen LogP contribution in [0.4, 0.5) is 8.78 Å². The highest BCUT2D eigenvalue weighted by Crippen LogP contribution is 2.24. The van der Waals surface area contributed by atoms with E-state index in [1.54, 1.807) is 7.05 Å². The highest BCUT2D eigenvalue weighted by atomic mass is 127. The number of piperidine rings is 1. The summed E-state index contributed by atoms with van der Waals surface area (Å²) in [6.07, 6.45) is 5.91. The quantitative estimate of drug-likeness (QED) is 0.308. The monoisotopic (exact) mass is 536 g/mol. The van der Waals surface area contributed by atoms with Crippen LogP contribution in [0.25, 0.3) is 0 Å². The second-order valence-corrected chi connectivity index (χ2v) is 8.06. The summed E-state index contributed by atoms with van der Waals surface area (Å²) in [7, 11) is 1.75. The summed E-state index contributed by atoms with van der Waals surface area (Å²) in [5.74, 6) is 1.68. The number of benzene rings is 1. The zero-order valence-electron chi connectivity index (χ0n) is 17.8. The summed E-state index contributed by atoms with van der Waals surface area (Å²) in [4.78, 5) is 6.14. The van der Waals surface area contributed by atoms with Gasteiger partial charge >= 0.3 is 0 Å². The van der Waals surface area contributed by atoms with Gasteiger partial charge in [0.05, 0.1) is 12.6 Å². The molecule has 0 spiro atoms. The number of nitrogens with one attached hydrogen (secondary N) is 2. The molecule has 3 rings (SSSR count). The van der Waals surface area contributed by atoms with Gasteiger partial charge in [0, 0.05) is 32.7 Å².